The molecule has 2 aliphatic rings. The van der Waals surface area contributed by atoms with Crippen LogP contribution in [0.4, 0.5) is 5.69 Å². The molecule has 0 radical (unpaired) electrons. The number of hydrogen-bond acceptors (Lipinski definition) is 5. The largest absolute Gasteiger partial charge is 0.479 e. The molecule has 7 heteroatoms. The summed E-state index contributed by atoms with van der Waals surface area (Å²) in [5.41, 5.74) is 0.429. The number of morpholine rings is 1. The number of carbonyl (C=O) groups is 2. The summed E-state index contributed by atoms with van der Waals surface area (Å²) in [6.45, 7) is 12.2. The van der Waals surface area contributed by atoms with E-state index in [1.54, 1.807) is 13.0 Å². The van der Waals surface area contributed by atoms with Crippen LogP contribution in [0.15, 0.2) is 24.3 Å². The van der Waals surface area contributed by atoms with Gasteiger partial charge in [-0.1, -0.05) is 12.1 Å². The van der Waals surface area contributed by atoms with Crippen LogP contribution < -0.4 is 15.0 Å². The highest BCUT2D eigenvalue weighted by atomic mass is 16.5. The molecule has 0 saturated carbocycles. The monoisotopic (exact) mass is 389 g/mol. The molecule has 7 nitrogen and oxygen atoms in total. The molecular weight excluding hydrogens is 358 g/mol. The number of nitrogens with zero attached hydrogens (tertiary/aromatic N) is 2. The fourth-order valence-corrected chi connectivity index (χ4v) is 3.82. The Morgan fingerprint density at radius 2 is 1.82 bits per heavy atom. The molecule has 1 N–H and O–H groups in total. The lowest BCUT2D eigenvalue weighted by molar-refractivity contribution is -0.128. The second-order valence-electron chi connectivity index (χ2n) is 8.40. The first-order valence-electron chi connectivity index (χ1n) is 9.91. The van der Waals surface area contributed by atoms with Crippen LogP contribution >= 0.6 is 0 Å². The summed E-state index contributed by atoms with van der Waals surface area (Å²) in [7, 11) is 0. The van der Waals surface area contributed by atoms with Gasteiger partial charge in [0.1, 0.15) is 12.3 Å². The Balaban J connectivity index is 1.62. The minimum Gasteiger partial charge on any atom is -0.479 e. The van der Waals surface area contributed by atoms with E-state index in [2.05, 4.69) is 37.9 Å². The number of rotatable bonds is 5. The van der Waals surface area contributed by atoms with Gasteiger partial charge in [0, 0.05) is 25.2 Å². The normalized spacial score (nSPS) is 25.8. The van der Waals surface area contributed by atoms with E-state index in [1.807, 2.05) is 18.2 Å². The van der Waals surface area contributed by atoms with Gasteiger partial charge in [-0.15, -0.1) is 0 Å². The van der Waals surface area contributed by atoms with Crippen LogP contribution in [0, 0.1) is 0 Å². The Kier molecular flexibility index (Phi) is 5.95. The van der Waals surface area contributed by atoms with E-state index in [-0.39, 0.29) is 36.1 Å². The number of carbonyl (C=O) groups excluding carboxylic acids is 2. The first-order chi connectivity index (χ1) is 13.2. The number of hydrogen-bond donors (Lipinski definition) is 1. The third-order valence-electron chi connectivity index (χ3n) is 5.37. The Bertz CT molecular complexity index is 726. The van der Waals surface area contributed by atoms with Crippen LogP contribution in [-0.2, 0) is 14.3 Å². The van der Waals surface area contributed by atoms with E-state index in [0.29, 0.717) is 18.0 Å². The van der Waals surface area contributed by atoms with Crippen molar-refractivity contribution in [2.24, 2.45) is 0 Å². The number of fused-ring (bicyclic) bond motifs is 1. The molecule has 0 aromatic heterocycles. The van der Waals surface area contributed by atoms with Gasteiger partial charge in [-0.25, -0.2) is 0 Å². The predicted octanol–water partition coefficient (Wildman–Crippen LogP) is 1.80. The Labute approximate surface area is 167 Å². The van der Waals surface area contributed by atoms with Crippen LogP contribution in [-0.4, -0.2) is 66.7 Å². The van der Waals surface area contributed by atoms with E-state index < -0.39 is 6.10 Å². The lowest BCUT2D eigenvalue weighted by Gasteiger charge is -2.45. The second kappa shape index (κ2) is 8.09. The molecule has 3 unspecified atom stereocenters. The number of benzene rings is 1. The number of ether oxygens (including phenoxy) is 2. The number of nitrogens with one attached hydrogen (secondary N) is 1. The van der Waals surface area contributed by atoms with Gasteiger partial charge in [-0.05, 0) is 46.8 Å². The van der Waals surface area contributed by atoms with Crippen LogP contribution in [0.25, 0.3) is 0 Å². The van der Waals surface area contributed by atoms with E-state index in [9.17, 15) is 9.59 Å². The van der Waals surface area contributed by atoms with Gasteiger partial charge in [-0.3, -0.25) is 19.4 Å². The lowest BCUT2D eigenvalue weighted by Crippen LogP contribution is -2.59. The van der Waals surface area contributed by atoms with Crippen molar-refractivity contribution in [2.45, 2.75) is 58.5 Å². The molecule has 1 aromatic rings. The summed E-state index contributed by atoms with van der Waals surface area (Å²) >= 11 is 0. The third kappa shape index (κ3) is 4.47. The SMILES string of the molecule is CC1CN(C(C)(C)CNC(=O)CN2C(=O)C(C)Oc3ccccc32)CC(C)O1. The van der Waals surface area contributed by atoms with Gasteiger partial charge in [0.2, 0.25) is 5.91 Å². The minimum absolute atomic E-state index is 0.0183. The zero-order valence-electron chi connectivity index (χ0n) is 17.4. The van der Waals surface area contributed by atoms with E-state index in [1.165, 1.54) is 4.90 Å². The molecule has 3 atom stereocenters. The zero-order chi connectivity index (χ0) is 20.5. The smallest absolute Gasteiger partial charge is 0.268 e. The summed E-state index contributed by atoms with van der Waals surface area (Å²) in [4.78, 5) is 29.0. The molecule has 1 saturated heterocycles. The number of para-hydroxylation sites is 2. The Morgan fingerprint density at radius 3 is 2.50 bits per heavy atom. The topological polar surface area (TPSA) is 71.1 Å². The molecule has 2 aliphatic heterocycles. The number of anilines is 1. The Hall–Kier alpha value is -2.12. The molecule has 3 rings (SSSR count). The maximum Gasteiger partial charge on any atom is 0.268 e. The maximum absolute atomic E-state index is 12.6. The van der Waals surface area contributed by atoms with Gasteiger partial charge in [0.25, 0.3) is 5.91 Å². The molecule has 2 amide bonds. The molecule has 0 aliphatic carbocycles. The lowest BCUT2D eigenvalue weighted by atomic mass is 10.00. The Morgan fingerprint density at radius 1 is 1.18 bits per heavy atom. The zero-order valence-corrected chi connectivity index (χ0v) is 17.4. The van der Waals surface area contributed by atoms with Crippen molar-refractivity contribution in [3.63, 3.8) is 0 Å². The highest BCUT2D eigenvalue weighted by molar-refractivity contribution is 6.03. The first-order valence-corrected chi connectivity index (χ1v) is 9.91. The highest BCUT2D eigenvalue weighted by Crippen LogP contribution is 2.33. The van der Waals surface area contributed by atoms with E-state index in [0.717, 1.165) is 13.1 Å². The molecular formula is C21H31N3O4. The van der Waals surface area contributed by atoms with Gasteiger partial charge in [0.15, 0.2) is 6.10 Å². The van der Waals surface area contributed by atoms with Gasteiger partial charge in [-0.2, -0.15) is 0 Å². The fraction of sp³-hybridized carbons (Fsp3) is 0.619. The molecule has 1 fully saturated rings. The summed E-state index contributed by atoms with van der Waals surface area (Å²) in [5, 5.41) is 3.01. The van der Waals surface area contributed by atoms with Gasteiger partial charge < -0.3 is 14.8 Å². The summed E-state index contributed by atoms with van der Waals surface area (Å²) < 4.78 is 11.4. The van der Waals surface area contributed by atoms with Crippen LogP contribution in [0.1, 0.15) is 34.6 Å². The molecule has 154 valence electrons. The molecule has 1 aromatic carbocycles. The second-order valence-corrected chi connectivity index (χ2v) is 8.40. The molecule has 0 bridgehead atoms. The molecule has 2 heterocycles. The summed E-state index contributed by atoms with van der Waals surface area (Å²) in [5.74, 6) is 0.239. The van der Waals surface area contributed by atoms with E-state index >= 15 is 0 Å². The third-order valence-corrected chi connectivity index (χ3v) is 5.37. The minimum atomic E-state index is -0.601. The van der Waals surface area contributed by atoms with Gasteiger partial charge >= 0.3 is 0 Å². The van der Waals surface area contributed by atoms with Crippen molar-refractivity contribution in [1.29, 1.82) is 0 Å². The van der Waals surface area contributed by atoms with E-state index in [4.69, 9.17) is 9.47 Å². The number of amides is 2. The highest BCUT2D eigenvalue weighted by Gasteiger charge is 2.35. The van der Waals surface area contributed by atoms with Crippen LogP contribution in [0.5, 0.6) is 5.75 Å². The van der Waals surface area contributed by atoms with Crippen molar-refractivity contribution in [1.82, 2.24) is 10.2 Å². The summed E-state index contributed by atoms with van der Waals surface area (Å²) in [6, 6.07) is 7.30. The van der Waals surface area contributed by atoms with Crippen molar-refractivity contribution in [3.05, 3.63) is 24.3 Å². The first kappa shape index (κ1) is 20.6. The molecule has 28 heavy (non-hydrogen) atoms. The van der Waals surface area contributed by atoms with Crippen molar-refractivity contribution >= 4 is 17.5 Å². The van der Waals surface area contributed by atoms with Crippen molar-refractivity contribution in [3.8, 4) is 5.75 Å². The summed E-state index contributed by atoms with van der Waals surface area (Å²) in [6.07, 6.45) is -0.263. The van der Waals surface area contributed by atoms with Crippen molar-refractivity contribution < 1.29 is 19.1 Å². The average Bonchev–Trinajstić information content (AvgIpc) is 2.63. The van der Waals surface area contributed by atoms with Crippen molar-refractivity contribution in [2.75, 3.05) is 31.1 Å². The maximum atomic E-state index is 12.6. The van der Waals surface area contributed by atoms with Crippen LogP contribution in [0.3, 0.4) is 0 Å². The van der Waals surface area contributed by atoms with Gasteiger partial charge in [0.05, 0.1) is 17.9 Å². The standard InChI is InChI=1S/C21H31N3O4/c1-14-10-23(11-15(2)27-14)21(4,5)13-22-19(25)12-24-17-8-6-7-9-18(17)28-16(3)20(24)26/h6-9,14-16H,10-13H2,1-5H3,(H,22,25). The average molecular weight is 389 g/mol. The fourth-order valence-electron chi connectivity index (χ4n) is 3.82. The van der Waals surface area contributed by atoms with Crippen LogP contribution in [0.2, 0.25) is 0 Å². The predicted molar refractivity (Wildman–Crippen MR) is 108 cm³/mol. The molecule has 0 spiro atoms. The quantitative estimate of drug-likeness (QED) is 0.832.